The second kappa shape index (κ2) is 16.8. The molecule has 3 atom stereocenters. The van der Waals surface area contributed by atoms with E-state index in [4.69, 9.17) is 5.11 Å². The van der Waals surface area contributed by atoms with Crippen LogP contribution in [0.1, 0.15) is 90.5 Å². The number of aliphatic hydroxyl groups is 1. The van der Waals surface area contributed by atoms with Crippen LogP contribution in [0.15, 0.2) is 30.3 Å². The average Bonchev–Trinajstić information content (AvgIpc) is 2.88. The molecule has 10 heteroatoms. The molecule has 2 unspecified atom stereocenters. The van der Waals surface area contributed by atoms with E-state index in [9.17, 15) is 24.3 Å². The van der Waals surface area contributed by atoms with Crippen molar-refractivity contribution in [1.29, 1.82) is 0 Å². The average molecular weight is 561 g/mol. The van der Waals surface area contributed by atoms with E-state index in [0.717, 1.165) is 37.7 Å². The zero-order valence-corrected chi connectivity index (χ0v) is 24.2. The molecule has 1 aliphatic carbocycles. The van der Waals surface area contributed by atoms with E-state index in [1.165, 1.54) is 6.42 Å². The Morgan fingerprint density at radius 1 is 1.00 bits per heavy atom. The van der Waals surface area contributed by atoms with Gasteiger partial charge in [0.05, 0.1) is 18.6 Å². The topological polar surface area (TPSA) is 157 Å². The Hall–Kier alpha value is -3.14. The number of carboxylic acid groups (broad SMARTS) is 1. The SMILES string of the molecule is CC(C)(C)NC(=O)NC(CC1CCCCC1)C(O)CC(=O)N[C@@H](CCC(=O)O)C(=O)NCCCc1ccccc1. The number of carbonyl (C=O) groups is 4. The lowest BCUT2D eigenvalue weighted by atomic mass is 9.83. The Morgan fingerprint density at radius 2 is 1.68 bits per heavy atom. The van der Waals surface area contributed by atoms with E-state index in [-0.39, 0.29) is 19.3 Å². The number of carbonyl (C=O) groups excluding carboxylic acids is 3. The summed E-state index contributed by atoms with van der Waals surface area (Å²) in [6, 6.07) is 7.76. The van der Waals surface area contributed by atoms with Crippen LogP contribution in [0.3, 0.4) is 0 Å². The highest BCUT2D eigenvalue weighted by molar-refractivity contribution is 5.88. The van der Waals surface area contributed by atoms with Crippen molar-refractivity contribution < 1.29 is 29.4 Å². The number of urea groups is 1. The first kappa shape index (κ1) is 33.1. The van der Waals surface area contributed by atoms with Gasteiger partial charge in [0.1, 0.15) is 6.04 Å². The molecular weight excluding hydrogens is 512 g/mol. The number of nitrogens with one attached hydrogen (secondary N) is 4. The molecule has 1 aromatic carbocycles. The van der Waals surface area contributed by atoms with E-state index >= 15 is 0 Å². The fourth-order valence-corrected chi connectivity index (χ4v) is 5.03. The molecule has 0 heterocycles. The highest BCUT2D eigenvalue weighted by atomic mass is 16.4. The van der Waals surface area contributed by atoms with Gasteiger partial charge in [-0.1, -0.05) is 62.4 Å². The Kier molecular flexibility index (Phi) is 13.9. The zero-order chi connectivity index (χ0) is 29.5. The number of rotatable bonds is 15. The van der Waals surface area contributed by atoms with Crippen molar-refractivity contribution in [2.24, 2.45) is 5.92 Å². The number of aliphatic carboxylic acids is 1. The van der Waals surface area contributed by atoms with Gasteiger partial charge < -0.3 is 31.5 Å². The van der Waals surface area contributed by atoms with E-state index in [1.807, 2.05) is 51.1 Å². The Morgan fingerprint density at radius 3 is 2.30 bits per heavy atom. The molecule has 4 amide bonds. The van der Waals surface area contributed by atoms with E-state index in [2.05, 4.69) is 21.3 Å². The lowest BCUT2D eigenvalue weighted by Crippen LogP contribution is -2.54. The summed E-state index contributed by atoms with van der Waals surface area (Å²) < 4.78 is 0. The van der Waals surface area contributed by atoms with Gasteiger partial charge in [0.2, 0.25) is 11.8 Å². The normalized spacial score (nSPS) is 16.3. The maximum absolute atomic E-state index is 12.9. The van der Waals surface area contributed by atoms with Gasteiger partial charge in [-0.25, -0.2) is 4.79 Å². The van der Waals surface area contributed by atoms with Gasteiger partial charge in [-0.3, -0.25) is 14.4 Å². The summed E-state index contributed by atoms with van der Waals surface area (Å²) >= 11 is 0. The van der Waals surface area contributed by atoms with Gasteiger partial charge >= 0.3 is 12.0 Å². The van der Waals surface area contributed by atoms with Crippen LogP contribution in [0.25, 0.3) is 0 Å². The molecule has 224 valence electrons. The fraction of sp³-hybridized carbons (Fsp3) is 0.667. The van der Waals surface area contributed by atoms with Gasteiger partial charge in [0.15, 0.2) is 0 Å². The standard InChI is InChI=1S/C30H48N4O6/c1-30(2,3)34-29(40)33-24(19-22-13-8-5-9-14-22)25(35)20-26(36)32-23(16-17-27(37)38)28(39)31-18-10-15-21-11-6-4-7-12-21/h4,6-7,11-12,22-25,35H,5,8-10,13-20H2,1-3H3,(H,31,39)(H,32,36)(H,37,38)(H2,33,34,40)/t23-,24?,25?/m0/s1. The summed E-state index contributed by atoms with van der Waals surface area (Å²) in [6.45, 7) is 5.95. The minimum Gasteiger partial charge on any atom is -0.481 e. The maximum atomic E-state index is 12.9. The van der Waals surface area contributed by atoms with Crippen molar-refractivity contribution in [3.8, 4) is 0 Å². The number of hydrogen-bond acceptors (Lipinski definition) is 5. The zero-order valence-electron chi connectivity index (χ0n) is 24.2. The smallest absolute Gasteiger partial charge is 0.315 e. The predicted octanol–water partition coefficient (Wildman–Crippen LogP) is 3.27. The summed E-state index contributed by atoms with van der Waals surface area (Å²) in [5, 5.41) is 31.2. The molecule has 10 nitrogen and oxygen atoms in total. The van der Waals surface area contributed by atoms with Crippen LogP contribution in [0, 0.1) is 5.92 Å². The lowest BCUT2D eigenvalue weighted by molar-refractivity contribution is -0.138. The first-order chi connectivity index (χ1) is 18.9. The van der Waals surface area contributed by atoms with Crippen LogP contribution in [-0.2, 0) is 20.8 Å². The largest absolute Gasteiger partial charge is 0.481 e. The Labute approximate surface area is 238 Å². The summed E-state index contributed by atoms with van der Waals surface area (Å²) in [6.07, 6.45) is 5.59. The van der Waals surface area contributed by atoms with Gasteiger partial charge in [0.25, 0.3) is 0 Å². The van der Waals surface area contributed by atoms with E-state index in [1.54, 1.807) is 0 Å². The molecule has 0 spiro atoms. The first-order valence-corrected chi connectivity index (χ1v) is 14.5. The van der Waals surface area contributed by atoms with Crippen molar-refractivity contribution in [3.63, 3.8) is 0 Å². The van der Waals surface area contributed by atoms with Crippen molar-refractivity contribution in [1.82, 2.24) is 21.3 Å². The monoisotopic (exact) mass is 560 g/mol. The minimum absolute atomic E-state index is 0.0700. The second-order valence-electron chi connectivity index (χ2n) is 11.9. The Balaban J connectivity index is 1.96. The molecule has 1 fully saturated rings. The van der Waals surface area contributed by atoms with Crippen LogP contribution in [0.4, 0.5) is 4.79 Å². The fourth-order valence-electron chi connectivity index (χ4n) is 5.03. The summed E-state index contributed by atoms with van der Waals surface area (Å²) in [5.41, 5.74) is 0.683. The van der Waals surface area contributed by atoms with Crippen molar-refractivity contribution in [2.75, 3.05) is 6.54 Å². The quantitative estimate of drug-likeness (QED) is 0.181. The molecule has 1 saturated carbocycles. The molecule has 0 radical (unpaired) electrons. The van der Waals surface area contributed by atoms with E-state index < -0.39 is 47.5 Å². The number of aryl methyl sites for hydroxylation is 1. The van der Waals surface area contributed by atoms with Crippen LogP contribution < -0.4 is 21.3 Å². The second-order valence-corrected chi connectivity index (χ2v) is 11.9. The molecule has 1 aromatic rings. The third-order valence-electron chi connectivity index (χ3n) is 7.06. The van der Waals surface area contributed by atoms with Crippen LogP contribution in [0.2, 0.25) is 0 Å². The third-order valence-corrected chi connectivity index (χ3v) is 7.06. The van der Waals surface area contributed by atoms with Gasteiger partial charge in [-0.15, -0.1) is 0 Å². The third kappa shape index (κ3) is 13.8. The number of carboxylic acids is 1. The molecule has 2 rings (SSSR count). The Bertz CT molecular complexity index is 943. The van der Waals surface area contributed by atoms with Crippen LogP contribution >= 0.6 is 0 Å². The van der Waals surface area contributed by atoms with Gasteiger partial charge in [-0.2, -0.15) is 0 Å². The summed E-state index contributed by atoms with van der Waals surface area (Å²) in [7, 11) is 0. The number of benzene rings is 1. The highest BCUT2D eigenvalue weighted by Gasteiger charge is 2.30. The summed E-state index contributed by atoms with van der Waals surface area (Å²) in [5.74, 6) is -1.76. The molecule has 6 N–H and O–H groups in total. The predicted molar refractivity (Wildman–Crippen MR) is 154 cm³/mol. The molecule has 1 aliphatic rings. The minimum atomic E-state index is -1.17. The van der Waals surface area contributed by atoms with Crippen molar-refractivity contribution >= 4 is 23.8 Å². The molecular formula is C30H48N4O6. The van der Waals surface area contributed by atoms with Gasteiger partial charge in [0, 0.05) is 18.5 Å². The molecule has 0 aromatic heterocycles. The number of amides is 4. The van der Waals surface area contributed by atoms with Crippen molar-refractivity contribution in [2.45, 2.75) is 115 Å². The molecule has 0 aliphatic heterocycles. The number of aliphatic hydroxyl groups excluding tert-OH is 1. The van der Waals surface area contributed by atoms with Gasteiger partial charge in [-0.05, 0) is 57.9 Å². The molecule has 0 bridgehead atoms. The van der Waals surface area contributed by atoms with Crippen LogP contribution in [0.5, 0.6) is 0 Å². The van der Waals surface area contributed by atoms with E-state index in [0.29, 0.717) is 25.3 Å². The maximum Gasteiger partial charge on any atom is 0.315 e. The first-order valence-electron chi connectivity index (χ1n) is 14.5. The highest BCUT2D eigenvalue weighted by Crippen LogP contribution is 2.28. The van der Waals surface area contributed by atoms with Crippen LogP contribution in [-0.4, -0.2) is 64.3 Å². The lowest BCUT2D eigenvalue weighted by Gasteiger charge is -2.31. The van der Waals surface area contributed by atoms with Crippen molar-refractivity contribution in [3.05, 3.63) is 35.9 Å². The summed E-state index contributed by atoms with van der Waals surface area (Å²) in [4.78, 5) is 49.5. The molecule has 0 saturated heterocycles. The molecule has 40 heavy (non-hydrogen) atoms. The number of hydrogen-bond donors (Lipinski definition) is 6.